The fraction of sp³-hybridized carbons (Fsp3) is 0.462. The van der Waals surface area contributed by atoms with Gasteiger partial charge in [-0.1, -0.05) is 6.92 Å². The maximum atomic E-state index is 9.48. The number of hydrogen-bond donors (Lipinski definition) is 1. The van der Waals surface area contributed by atoms with Gasteiger partial charge in [0.2, 0.25) is 0 Å². The summed E-state index contributed by atoms with van der Waals surface area (Å²) in [6.45, 7) is 3.09. The van der Waals surface area contributed by atoms with Crippen LogP contribution >= 0.6 is 0 Å². The number of nitrogens with zero attached hydrogens (tertiary/aromatic N) is 1. The summed E-state index contributed by atoms with van der Waals surface area (Å²) in [5, 5.41) is 17.9. The molecule has 0 aliphatic carbocycles. The van der Waals surface area contributed by atoms with Crippen molar-refractivity contribution in [2.75, 3.05) is 13.2 Å². The maximum absolute atomic E-state index is 9.48. The van der Waals surface area contributed by atoms with Gasteiger partial charge in [-0.25, -0.2) is 0 Å². The van der Waals surface area contributed by atoms with Gasteiger partial charge >= 0.3 is 0 Å². The fourth-order valence-corrected chi connectivity index (χ4v) is 1.28. The minimum atomic E-state index is 0.119. The van der Waals surface area contributed by atoms with E-state index < -0.39 is 0 Å². The molecule has 1 rings (SSSR count). The summed E-state index contributed by atoms with van der Waals surface area (Å²) >= 11 is 0. The quantitative estimate of drug-likeness (QED) is 0.738. The van der Waals surface area contributed by atoms with E-state index in [0.29, 0.717) is 37.6 Å². The highest BCUT2D eigenvalue weighted by Crippen LogP contribution is 2.27. The highest BCUT2D eigenvalue weighted by Gasteiger charge is 2.02. The molecular weight excluding hydrogens is 218 g/mol. The van der Waals surface area contributed by atoms with Crippen LogP contribution in [-0.4, -0.2) is 18.3 Å². The molecule has 17 heavy (non-hydrogen) atoms. The average Bonchev–Trinajstić information content (AvgIpc) is 2.31. The number of unbranched alkanes of at least 4 members (excludes halogenated alkanes) is 1. The van der Waals surface area contributed by atoms with E-state index in [-0.39, 0.29) is 5.75 Å². The summed E-state index contributed by atoms with van der Waals surface area (Å²) < 4.78 is 10.8. The number of ether oxygens (including phenoxy) is 2. The van der Waals surface area contributed by atoms with Gasteiger partial charge in [0.05, 0.1) is 19.3 Å². The Balaban J connectivity index is 2.53. The van der Waals surface area contributed by atoms with Crippen molar-refractivity contribution in [2.45, 2.75) is 26.2 Å². The van der Waals surface area contributed by atoms with Gasteiger partial charge in [0.1, 0.15) is 17.2 Å². The van der Waals surface area contributed by atoms with Crippen LogP contribution in [0.3, 0.4) is 0 Å². The Morgan fingerprint density at radius 2 is 1.82 bits per heavy atom. The van der Waals surface area contributed by atoms with Crippen LogP contribution in [0.1, 0.15) is 26.2 Å². The van der Waals surface area contributed by atoms with Crippen molar-refractivity contribution in [3.8, 4) is 23.3 Å². The van der Waals surface area contributed by atoms with Crippen molar-refractivity contribution in [1.29, 1.82) is 5.26 Å². The molecule has 1 aromatic carbocycles. The first kappa shape index (κ1) is 13.2. The zero-order chi connectivity index (χ0) is 12.5. The van der Waals surface area contributed by atoms with Crippen LogP contribution in [0.2, 0.25) is 0 Å². The molecule has 0 bridgehead atoms. The van der Waals surface area contributed by atoms with Gasteiger partial charge < -0.3 is 14.6 Å². The summed E-state index contributed by atoms with van der Waals surface area (Å²) in [6.07, 6.45) is 2.06. The molecule has 4 nitrogen and oxygen atoms in total. The number of phenols is 1. The molecule has 0 heterocycles. The lowest BCUT2D eigenvalue weighted by Crippen LogP contribution is -1.98. The molecule has 0 radical (unpaired) electrons. The molecule has 0 aliphatic rings. The van der Waals surface area contributed by atoms with Gasteiger partial charge in [-0.05, 0) is 12.8 Å². The molecule has 0 saturated carbocycles. The standard InChI is InChI=1S/C13H17NO3/c1-2-6-16-12-8-11(15)9-13(10-12)17-7-4-3-5-14/h8-10,15H,2-4,6-7H2,1H3. The molecule has 4 heteroatoms. The third-order valence-electron chi connectivity index (χ3n) is 2.04. The summed E-state index contributed by atoms with van der Waals surface area (Å²) in [7, 11) is 0. The molecule has 0 unspecified atom stereocenters. The number of benzene rings is 1. The third kappa shape index (κ3) is 5.12. The van der Waals surface area contributed by atoms with Crippen molar-refractivity contribution in [3.63, 3.8) is 0 Å². The molecule has 0 atom stereocenters. The normalized spacial score (nSPS) is 9.65. The van der Waals surface area contributed by atoms with Crippen molar-refractivity contribution < 1.29 is 14.6 Å². The first-order valence-electron chi connectivity index (χ1n) is 5.73. The Kier molecular flexibility index (Phi) is 5.73. The maximum Gasteiger partial charge on any atom is 0.126 e. The van der Waals surface area contributed by atoms with E-state index in [1.807, 2.05) is 6.92 Å². The summed E-state index contributed by atoms with van der Waals surface area (Å²) in [6, 6.07) is 6.87. The molecular formula is C13H17NO3. The minimum absolute atomic E-state index is 0.119. The lowest BCUT2D eigenvalue weighted by molar-refractivity contribution is 0.296. The van der Waals surface area contributed by atoms with E-state index in [0.717, 1.165) is 6.42 Å². The van der Waals surface area contributed by atoms with Crippen LogP contribution in [0.15, 0.2) is 18.2 Å². The average molecular weight is 235 g/mol. The largest absolute Gasteiger partial charge is 0.508 e. The summed E-state index contributed by atoms with van der Waals surface area (Å²) in [5.41, 5.74) is 0. The molecule has 0 fully saturated rings. The lowest BCUT2D eigenvalue weighted by atomic mass is 10.3. The Bertz CT molecular complexity index is 385. The van der Waals surface area contributed by atoms with Crippen LogP contribution in [0.25, 0.3) is 0 Å². The van der Waals surface area contributed by atoms with Crippen molar-refractivity contribution in [3.05, 3.63) is 18.2 Å². The summed E-state index contributed by atoms with van der Waals surface area (Å²) in [4.78, 5) is 0. The number of rotatable bonds is 7. The van der Waals surface area contributed by atoms with E-state index in [1.165, 1.54) is 6.07 Å². The lowest BCUT2D eigenvalue weighted by Gasteiger charge is -2.09. The fourth-order valence-electron chi connectivity index (χ4n) is 1.28. The molecule has 0 spiro atoms. The zero-order valence-corrected chi connectivity index (χ0v) is 9.98. The molecule has 0 amide bonds. The number of aromatic hydroxyl groups is 1. The van der Waals surface area contributed by atoms with Gasteiger partial charge in [-0.15, -0.1) is 0 Å². The molecule has 0 saturated heterocycles. The van der Waals surface area contributed by atoms with E-state index in [1.54, 1.807) is 12.1 Å². The monoisotopic (exact) mass is 235 g/mol. The zero-order valence-electron chi connectivity index (χ0n) is 9.98. The third-order valence-corrected chi connectivity index (χ3v) is 2.04. The van der Waals surface area contributed by atoms with Crippen LogP contribution in [0, 0.1) is 11.3 Å². The minimum Gasteiger partial charge on any atom is -0.508 e. The predicted octanol–water partition coefficient (Wildman–Crippen LogP) is 2.86. The van der Waals surface area contributed by atoms with Gasteiger partial charge in [0.25, 0.3) is 0 Å². The van der Waals surface area contributed by atoms with E-state index >= 15 is 0 Å². The molecule has 92 valence electrons. The Hall–Kier alpha value is -1.89. The topological polar surface area (TPSA) is 62.5 Å². The number of nitriles is 1. The van der Waals surface area contributed by atoms with E-state index in [9.17, 15) is 5.11 Å². The van der Waals surface area contributed by atoms with Gasteiger partial charge in [0.15, 0.2) is 0 Å². The highest BCUT2D eigenvalue weighted by molar-refractivity contribution is 5.41. The second-order valence-corrected chi connectivity index (χ2v) is 3.62. The SMILES string of the molecule is CCCOc1cc(O)cc(OCCCC#N)c1. The smallest absolute Gasteiger partial charge is 0.126 e. The first-order chi connectivity index (χ1) is 8.26. The highest BCUT2D eigenvalue weighted by atomic mass is 16.5. The Morgan fingerprint density at radius 3 is 2.41 bits per heavy atom. The van der Waals surface area contributed by atoms with Crippen molar-refractivity contribution >= 4 is 0 Å². The second-order valence-electron chi connectivity index (χ2n) is 3.62. The van der Waals surface area contributed by atoms with Gasteiger partial charge in [-0.2, -0.15) is 5.26 Å². The first-order valence-corrected chi connectivity index (χ1v) is 5.73. The summed E-state index contributed by atoms with van der Waals surface area (Å²) in [5.74, 6) is 1.28. The van der Waals surface area contributed by atoms with Crippen LogP contribution in [-0.2, 0) is 0 Å². The second kappa shape index (κ2) is 7.39. The van der Waals surface area contributed by atoms with Gasteiger partial charge in [-0.3, -0.25) is 0 Å². The Labute approximate surface area is 101 Å². The predicted molar refractivity (Wildman–Crippen MR) is 64.2 cm³/mol. The number of phenolic OH excluding ortho intramolecular Hbond substituents is 1. The van der Waals surface area contributed by atoms with E-state index in [2.05, 4.69) is 6.07 Å². The van der Waals surface area contributed by atoms with E-state index in [4.69, 9.17) is 14.7 Å². The van der Waals surface area contributed by atoms with Gasteiger partial charge in [0, 0.05) is 24.6 Å². The molecule has 0 aliphatic heterocycles. The molecule has 0 aromatic heterocycles. The number of hydrogen-bond acceptors (Lipinski definition) is 4. The molecule has 1 aromatic rings. The molecule has 1 N–H and O–H groups in total. The van der Waals surface area contributed by atoms with Crippen LogP contribution in [0.5, 0.6) is 17.2 Å². The van der Waals surface area contributed by atoms with Crippen LogP contribution < -0.4 is 9.47 Å². The van der Waals surface area contributed by atoms with Crippen LogP contribution in [0.4, 0.5) is 0 Å². The Morgan fingerprint density at radius 1 is 1.18 bits per heavy atom. The van der Waals surface area contributed by atoms with Crippen molar-refractivity contribution in [2.24, 2.45) is 0 Å². The van der Waals surface area contributed by atoms with Crippen molar-refractivity contribution in [1.82, 2.24) is 0 Å².